The summed E-state index contributed by atoms with van der Waals surface area (Å²) in [5.41, 5.74) is 4.01. The summed E-state index contributed by atoms with van der Waals surface area (Å²) in [5.74, 6) is 0.625. The summed E-state index contributed by atoms with van der Waals surface area (Å²) < 4.78 is 16.5. The molecule has 0 atom stereocenters. The summed E-state index contributed by atoms with van der Waals surface area (Å²) in [6.45, 7) is 8.84. The van der Waals surface area contributed by atoms with Crippen LogP contribution in [0.3, 0.4) is 0 Å². The Balaban J connectivity index is 2.21. The smallest absolute Gasteiger partial charge is 0.373 e. The van der Waals surface area contributed by atoms with Gasteiger partial charge in [0.1, 0.15) is 12.4 Å². The van der Waals surface area contributed by atoms with Gasteiger partial charge in [0.05, 0.1) is 13.2 Å². The van der Waals surface area contributed by atoms with E-state index >= 15 is 0 Å². The van der Waals surface area contributed by atoms with Gasteiger partial charge in [-0.25, -0.2) is 4.79 Å². The van der Waals surface area contributed by atoms with Gasteiger partial charge < -0.3 is 14.2 Å². The highest BCUT2D eigenvalue weighted by molar-refractivity contribution is 5.91. The highest BCUT2D eigenvalue weighted by atomic mass is 16.6. The number of hydrogen-bond acceptors (Lipinski definition) is 4. The third-order valence-corrected chi connectivity index (χ3v) is 3.78. The maximum Gasteiger partial charge on any atom is 0.373 e. The first kappa shape index (κ1) is 19.6. The van der Waals surface area contributed by atoms with E-state index in [4.69, 9.17) is 14.2 Å². The van der Waals surface area contributed by atoms with Gasteiger partial charge in [-0.2, -0.15) is 0 Å². The van der Waals surface area contributed by atoms with E-state index in [1.165, 1.54) is 0 Å². The molecule has 26 heavy (non-hydrogen) atoms. The summed E-state index contributed by atoms with van der Waals surface area (Å²) in [5, 5.41) is 0. The van der Waals surface area contributed by atoms with Crippen molar-refractivity contribution in [1.82, 2.24) is 0 Å². The predicted octanol–water partition coefficient (Wildman–Crippen LogP) is 4.82. The molecule has 4 nitrogen and oxygen atoms in total. The van der Waals surface area contributed by atoms with E-state index in [-0.39, 0.29) is 5.76 Å². The Morgan fingerprint density at radius 1 is 0.962 bits per heavy atom. The van der Waals surface area contributed by atoms with Crippen molar-refractivity contribution in [2.75, 3.05) is 13.2 Å². The summed E-state index contributed by atoms with van der Waals surface area (Å²) in [4.78, 5) is 12.0. The molecular formula is C22H26O4. The molecule has 138 valence electrons. The van der Waals surface area contributed by atoms with Gasteiger partial charge in [-0.3, -0.25) is 0 Å². The summed E-state index contributed by atoms with van der Waals surface area (Å²) in [6.07, 6.45) is 1.71. The fourth-order valence-electron chi connectivity index (χ4n) is 2.69. The minimum Gasteiger partial charge on any atom is -0.488 e. The molecule has 0 N–H and O–H groups in total. The second-order valence-corrected chi connectivity index (χ2v) is 5.92. The molecule has 0 aromatic heterocycles. The van der Waals surface area contributed by atoms with E-state index in [0.717, 1.165) is 28.0 Å². The standard InChI is InChI=1S/C22H26O4/c1-5-24-20(22(23)25-6-2)14-19-12-16(3)21(17(4)13-19)26-15-18-10-8-7-9-11-18/h7-14H,5-6,15H2,1-4H3. The Morgan fingerprint density at radius 2 is 1.58 bits per heavy atom. The Hall–Kier alpha value is -2.75. The summed E-state index contributed by atoms with van der Waals surface area (Å²) in [6, 6.07) is 14.0. The lowest BCUT2D eigenvalue weighted by atomic mass is 10.0. The van der Waals surface area contributed by atoms with E-state index in [9.17, 15) is 4.79 Å². The minimum atomic E-state index is -0.450. The Bertz CT molecular complexity index is 740. The second kappa shape index (κ2) is 9.66. The molecular weight excluding hydrogens is 328 g/mol. The van der Waals surface area contributed by atoms with Crippen LogP contribution in [0.15, 0.2) is 48.2 Å². The highest BCUT2D eigenvalue weighted by Crippen LogP contribution is 2.27. The number of carbonyl (C=O) groups is 1. The fourth-order valence-corrected chi connectivity index (χ4v) is 2.69. The monoisotopic (exact) mass is 354 g/mol. The molecule has 2 rings (SSSR count). The van der Waals surface area contributed by atoms with E-state index in [2.05, 4.69) is 0 Å². The van der Waals surface area contributed by atoms with Gasteiger partial charge in [0.25, 0.3) is 0 Å². The number of carbonyl (C=O) groups excluding carboxylic acids is 1. The van der Waals surface area contributed by atoms with E-state index < -0.39 is 5.97 Å². The molecule has 0 heterocycles. The van der Waals surface area contributed by atoms with Crippen LogP contribution < -0.4 is 4.74 Å². The zero-order valence-electron chi connectivity index (χ0n) is 15.9. The lowest BCUT2D eigenvalue weighted by Crippen LogP contribution is -2.10. The van der Waals surface area contributed by atoms with Crippen LogP contribution in [-0.4, -0.2) is 19.2 Å². The van der Waals surface area contributed by atoms with Gasteiger partial charge in [0, 0.05) is 0 Å². The normalized spacial score (nSPS) is 11.2. The third kappa shape index (κ3) is 5.38. The Labute approximate surface area is 155 Å². The van der Waals surface area contributed by atoms with Crippen molar-refractivity contribution in [2.24, 2.45) is 0 Å². The molecule has 0 aliphatic rings. The summed E-state index contributed by atoms with van der Waals surface area (Å²) >= 11 is 0. The Kier molecular flexibility index (Phi) is 7.27. The van der Waals surface area contributed by atoms with Crippen LogP contribution in [0.2, 0.25) is 0 Å². The largest absolute Gasteiger partial charge is 0.488 e. The van der Waals surface area contributed by atoms with Crippen LogP contribution in [0.4, 0.5) is 0 Å². The van der Waals surface area contributed by atoms with E-state index in [1.807, 2.05) is 63.2 Å². The molecule has 0 amide bonds. The van der Waals surface area contributed by atoms with Crippen LogP contribution in [0.25, 0.3) is 6.08 Å². The zero-order chi connectivity index (χ0) is 18.9. The highest BCUT2D eigenvalue weighted by Gasteiger charge is 2.13. The first-order valence-corrected chi connectivity index (χ1v) is 8.84. The molecule has 0 unspecified atom stereocenters. The maximum absolute atomic E-state index is 12.0. The average molecular weight is 354 g/mol. The number of hydrogen-bond donors (Lipinski definition) is 0. The van der Waals surface area contributed by atoms with Gasteiger partial charge >= 0.3 is 5.97 Å². The number of ether oxygens (including phenoxy) is 3. The van der Waals surface area contributed by atoms with Crippen LogP contribution in [0.1, 0.15) is 36.1 Å². The van der Waals surface area contributed by atoms with Crippen molar-refractivity contribution in [3.63, 3.8) is 0 Å². The van der Waals surface area contributed by atoms with Gasteiger partial charge in [-0.1, -0.05) is 30.3 Å². The lowest BCUT2D eigenvalue weighted by Gasteiger charge is -2.14. The molecule has 0 radical (unpaired) electrons. The molecule has 2 aromatic rings. The number of esters is 1. The molecule has 0 saturated carbocycles. The number of rotatable bonds is 8. The second-order valence-electron chi connectivity index (χ2n) is 5.92. The molecule has 0 aliphatic heterocycles. The van der Waals surface area contributed by atoms with Crippen LogP contribution in [0.5, 0.6) is 5.75 Å². The molecule has 4 heteroatoms. The molecule has 0 bridgehead atoms. The van der Waals surface area contributed by atoms with Gasteiger partial charge in [-0.15, -0.1) is 0 Å². The van der Waals surface area contributed by atoms with Crippen LogP contribution in [0, 0.1) is 13.8 Å². The number of aryl methyl sites for hydroxylation is 2. The SMILES string of the molecule is CCOC(=O)C(=Cc1cc(C)c(OCc2ccccc2)c(C)c1)OCC. The van der Waals surface area contributed by atoms with Gasteiger partial charge in [0.2, 0.25) is 5.76 Å². The van der Waals surface area contributed by atoms with Crippen molar-refractivity contribution in [2.45, 2.75) is 34.3 Å². The van der Waals surface area contributed by atoms with Crippen molar-refractivity contribution >= 4 is 12.0 Å². The van der Waals surface area contributed by atoms with Crippen molar-refractivity contribution in [3.05, 3.63) is 70.5 Å². The van der Waals surface area contributed by atoms with Gasteiger partial charge in [-0.05, 0) is 68.2 Å². The van der Waals surface area contributed by atoms with Crippen molar-refractivity contribution in [3.8, 4) is 5.75 Å². The Morgan fingerprint density at radius 3 is 2.15 bits per heavy atom. The molecule has 0 fully saturated rings. The quantitative estimate of drug-likeness (QED) is 0.387. The van der Waals surface area contributed by atoms with Crippen molar-refractivity contribution in [1.29, 1.82) is 0 Å². The zero-order valence-corrected chi connectivity index (χ0v) is 15.9. The summed E-state index contributed by atoms with van der Waals surface area (Å²) in [7, 11) is 0. The molecule has 0 aliphatic carbocycles. The number of benzene rings is 2. The topological polar surface area (TPSA) is 44.8 Å². The fraction of sp³-hybridized carbons (Fsp3) is 0.318. The van der Waals surface area contributed by atoms with Gasteiger partial charge in [0.15, 0.2) is 0 Å². The van der Waals surface area contributed by atoms with Crippen molar-refractivity contribution < 1.29 is 19.0 Å². The minimum absolute atomic E-state index is 0.214. The first-order chi connectivity index (χ1) is 12.5. The average Bonchev–Trinajstić information content (AvgIpc) is 2.62. The molecule has 0 saturated heterocycles. The van der Waals surface area contributed by atoms with Crippen LogP contribution in [-0.2, 0) is 20.9 Å². The first-order valence-electron chi connectivity index (χ1n) is 8.84. The molecule has 0 spiro atoms. The predicted molar refractivity (Wildman–Crippen MR) is 103 cm³/mol. The third-order valence-electron chi connectivity index (χ3n) is 3.78. The lowest BCUT2D eigenvalue weighted by molar-refractivity contribution is -0.142. The molecule has 2 aromatic carbocycles. The van der Waals surface area contributed by atoms with E-state index in [0.29, 0.717) is 19.8 Å². The maximum atomic E-state index is 12.0. The van der Waals surface area contributed by atoms with Crippen LogP contribution >= 0.6 is 0 Å². The van der Waals surface area contributed by atoms with E-state index in [1.54, 1.807) is 13.0 Å².